The fraction of sp³-hybridized carbons (Fsp3) is 0.400. The molecule has 1 saturated heterocycles. The van der Waals surface area contributed by atoms with Crippen molar-refractivity contribution >= 4 is 34.9 Å². The van der Waals surface area contributed by atoms with Gasteiger partial charge in [-0.1, -0.05) is 23.2 Å². The largest absolute Gasteiger partial charge is 0.394 e. The van der Waals surface area contributed by atoms with Gasteiger partial charge in [0.1, 0.15) is 23.2 Å². The number of allylic oxidation sites excluding steroid dienone is 1. The molecule has 168 valence electrons. The third-order valence-electron chi connectivity index (χ3n) is 5.33. The van der Waals surface area contributed by atoms with Crippen molar-refractivity contribution in [2.24, 2.45) is 28.1 Å². The van der Waals surface area contributed by atoms with Crippen molar-refractivity contribution in [1.82, 2.24) is 15.5 Å². The minimum Gasteiger partial charge on any atom is -0.394 e. The number of amidine groups is 1. The zero-order valence-corrected chi connectivity index (χ0v) is 18.4. The van der Waals surface area contributed by atoms with E-state index in [1.54, 1.807) is 0 Å². The summed E-state index contributed by atoms with van der Waals surface area (Å²) in [5.74, 6) is -0.554. The molecular formula is C20H26Cl2FN7O. The molecule has 0 saturated carbocycles. The quantitative estimate of drug-likeness (QED) is 0.190. The number of carbonyl (C=O) groups excluding carboxylic acids is 1. The van der Waals surface area contributed by atoms with Gasteiger partial charge in [-0.15, -0.1) is 0 Å². The van der Waals surface area contributed by atoms with Crippen LogP contribution in [0.2, 0.25) is 10.0 Å². The van der Waals surface area contributed by atoms with E-state index in [4.69, 9.17) is 40.4 Å². The zero-order chi connectivity index (χ0) is 22.5. The van der Waals surface area contributed by atoms with Gasteiger partial charge >= 0.3 is 0 Å². The van der Waals surface area contributed by atoms with E-state index in [9.17, 15) is 9.18 Å². The van der Waals surface area contributed by atoms with Crippen LogP contribution in [-0.4, -0.2) is 42.8 Å². The molecule has 0 aliphatic carbocycles. The number of nitrogens with two attached hydrogens (primary N) is 3. The van der Waals surface area contributed by atoms with Crippen molar-refractivity contribution in [1.29, 1.82) is 0 Å². The summed E-state index contributed by atoms with van der Waals surface area (Å²) in [6.07, 6.45) is 3.07. The number of carbonyl (C=O) groups is 1. The molecule has 0 bridgehead atoms. The Labute approximate surface area is 190 Å². The average molecular weight is 470 g/mol. The Kier molecular flexibility index (Phi) is 7.64. The van der Waals surface area contributed by atoms with Crippen LogP contribution >= 0.6 is 23.2 Å². The topological polar surface area (TPSA) is 135 Å². The smallest absolute Gasteiger partial charge is 0.294 e. The maximum Gasteiger partial charge on any atom is 0.294 e. The SMILES string of the molecule is NC(=NC(=O)/C(N)=C/C1=C(N)NCCN1Cc1c(Cl)ccc(F)c1Cl)C1CCNCC1. The molecule has 0 unspecified atom stereocenters. The Morgan fingerprint density at radius 1 is 1.26 bits per heavy atom. The summed E-state index contributed by atoms with van der Waals surface area (Å²) < 4.78 is 13.9. The Bertz CT molecular complexity index is 942. The molecule has 0 spiro atoms. The summed E-state index contributed by atoms with van der Waals surface area (Å²) in [5.41, 5.74) is 18.9. The molecule has 0 radical (unpaired) electrons. The van der Waals surface area contributed by atoms with Crippen molar-refractivity contribution in [3.8, 4) is 0 Å². The Hall–Kier alpha value is -2.49. The van der Waals surface area contributed by atoms with E-state index in [2.05, 4.69) is 15.6 Å². The molecule has 0 aromatic heterocycles. The van der Waals surface area contributed by atoms with Crippen LogP contribution in [0.4, 0.5) is 4.39 Å². The summed E-state index contributed by atoms with van der Waals surface area (Å²) in [7, 11) is 0. The zero-order valence-electron chi connectivity index (χ0n) is 16.9. The second-order valence-electron chi connectivity index (χ2n) is 7.43. The van der Waals surface area contributed by atoms with E-state index in [-0.39, 0.29) is 29.0 Å². The van der Waals surface area contributed by atoms with E-state index >= 15 is 0 Å². The standard InChI is InChI=1S/C20H26Cl2FN7O/c21-13-1-2-14(23)17(22)12(13)10-30-8-7-28-19(26)16(30)9-15(24)20(31)29-18(25)11-3-5-27-6-4-11/h1-2,9,11,27-28H,3-8,10,24,26H2,(H2,25,29,31)/b15-9-. The molecular weight excluding hydrogens is 444 g/mol. The van der Waals surface area contributed by atoms with Crippen LogP contribution in [0.25, 0.3) is 0 Å². The van der Waals surface area contributed by atoms with Gasteiger partial charge in [-0.2, -0.15) is 4.99 Å². The van der Waals surface area contributed by atoms with E-state index < -0.39 is 11.7 Å². The van der Waals surface area contributed by atoms with Crippen molar-refractivity contribution in [3.05, 3.63) is 56.8 Å². The predicted octanol–water partition coefficient (Wildman–Crippen LogP) is 1.39. The highest BCUT2D eigenvalue weighted by Gasteiger charge is 2.22. The van der Waals surface area contributed by atoms with Crippen LogP contribution < -0.4 is 27.8 Å². The number of hydrogen-bond acceptors (Lipinski definition) is 6. The number of aliphatic imine (C=N–C) groups is 1. The van der Waals surface area contributed by atoms with Crippen molar-refractivity contribution in [2.45, 2.75) is 19.4 Å². The lowest BCUT2D eigenvalue weighted by atomic mass is 9.97. The first-order valence-corrected chi connectivity index (χ1v) is 10.7. The lowest BCUT2D eigenvalue weighted by molar-refractivity contribution is -0.114. The number of halogens is 3. The number of rotatable bonds is 5. The minimum atomic E-state index is -0.635. The van der Waals surface area contributed by atoms with E-state index in [1.807, 2.05) is 4.90 Å². The fourth-order valence-corrected chi connectivity index (χ4v) is 4.03. The number of piperidine rings is 1. The van der Waals surface area contributed by atoms with Gasteiger partial charge in [0.15, 0.2) is 0 Å². The van der Waals surface area contributed by atoms with Gasteiger partial charge in [0.25, 0.3) is 5.91 Å². The first-order valence-electron chi connectivity index (χ1n) is 9.95. The summed E-state index contributed by atoms with van der Waals surface area (Å²) in [6.45, 7) is 2.90. The van der Waals surface area contributed by atoms with Crippen LogP contribution in [0.15, 0.2) is 40.4 Å². The van der Waals surface area contributed by atoms with Gasteiger partial charge in [-0.05, 0) is 44.1 Å². The lowest BCUT2D eigenvalue weighted by Gasteiger charge is -2.32. The Balaban J connectivity index is 1.82. The molecule has 1 fully saturated rings. The van der Waals surface area contributed by atoms with Crippen LogP contribution in [-0.2, 0) is 11.3 Å². The van der Waals surface area contributed by atoms with E-state index in [1.165, 1.54) is 18.2 Å². The van der Waals surface area contributed by atoms with Crippen molar-refractivity contribution in [2.75, 3.05) is 26.2 Å². The third-order valence-corrected chi connectivity index (χ3v) is 6.09. The van der Waals surface area contributed by atoms with Crippen LogP contribution in [0.1, 0.15) is 18.4 Å². The van der Waals surface area contributed by atoms with E-state index in [0.717, 1.165) is 25.9 Å². The molecule has 8 nitrogen and oxygen atoms in total. The normalized spacial score (nSPS) is 18.9. The van der Waals surface area contributed by atoms with Gasteiger partial charge in [0, 0.05) is 36.1 Å². The maximum atomic E-state index is 13.9. The average Bonchev–Trinajstić information content (AvgIpc) is 2.76. The highest BCUT2D eigenvalue weighted by molar-refractivity contribution is 6.36. The maximum absolute atomic E-state index is 13.9. The van der Waals surface area contributed by atoms with Gasteiger partial charge in [-0.25, -0.2) is 4.39 Å². The van der Waals surface area contributed by atoms with Gasteiger partial charge < -0.3 is 32.7 Å². The third kappa shape index (κ3) is 5.61. The number of benzene rings is 1. The van der Waals surface area contributed by atoms with Crippen molar-refractivity contribution in [3.63, 3.8) is 0 Å². The number of hydrogen-bond donors (Lipinski definition) is 5. The molecule has 8 N–H and O–H groups in total. The molecule has 0 atom stereocenters. The molecule has 2 heterocycles. The van der Waals surface area contributed by atoms with Gasteiger partial charge in [0.2, 0.25) is 0 Å². The summed E-state index contributed by atoms with van der Waals surface area (Å²) in [5, 5.41) is 6.53. The summed E-state index contributed by atoms with van der Waals surface area (Å²) in [4.78, 5) is 18.3. The number of nitrogens with zero attached hydrogens (tertiary/aromatic N) is 2. The highest BCUT2D eigenvalue weighted by Crippen LogP contribution is 2.30. The Morgan fingerprint density at radius 2 is 1.97 bits per heavy atom. The molecule has 2 aliphatic heterocycles. The molecule has 1 amide bonds. The fourth-order valence-electron chi connectivity index (χ4n) is 3.54. The van der Waals surface area contributed by atoms with Gasteiger partial charge in [-0.3, -0.25) is 4.79 Å². The lowest BCUT2D eigenvalue weighted by Crippen LogP contribution is -2.41. The minimum absolute atomic E-state index is 0.0485. The summed E-state index contributed by atoms with van der Waals surface area (Å²) >= 11 is 12.3. The van der Waals surface area contributed by atoms with Crippen molar-refractivity contribution < 1.29 is 9.18 Å². The van der Waals surface area contributed by atoms with Crippen LogP contribution in [0.3, 0.4) is 0 Å². The van der Waals surface area contributed by atoms with Crippen LogP contribution in [0.5, 0.6) is 0 Å². The Morgan fingerprint density at radius 3 is 2.68 bits per heavy atom. The first kappa shape index (κ1) is 23.2. The monoisotopic (exact) mass is 469 g/mol. The predicted molar refractivity (Wildman–Crippen MR) is 121 cm³/mol. The van der Waals surface area contributed by atoms with Crippen LogP contribution in [0, 0.1) is 11.7 Å². The second-order valence-corrected chi connectivity index (χ2v) is 8.22. The van der Waals surface area contributed by atoms with E-state index in [0.29, 0.717) is 35.2 Å². The molecule has 1 aromatic carbocycles. The first-order chi connectivity index (χ1) is 14.8. The number of amides is 1. The van der Waals surface area contributed by atoms with Gasteiger partial charge in [0.05, 0.1) is 10.7 Å². The molecule has 1 aromatic rings. The molecule has 31 heavy (non-hydrogen) atoms. The highest BCUT2D eigenvalue weighted by atomic mass is 35.5. The molecule has 11 heteroatoms. The molecule has 3 rings (SSSR count). The number of nitrogens with one attached hydrogen (secondary N) is 2. The summed E-state index contributed by atoms with van der Waals surface area (Å²) in [6, 6.07) is 2.65. The second kappa shape index (κ2) is 10.2. The molecule has 2 aliphatic rings.